The van der Waals surface area contributed by atoms with Crippen LogP contribution in [-0.4, -0.2) is 5.11 Å². The molecule has 0 aliphatic heterocycles. The maximum Gasteiger partial charge on any atom is 0.0798 e. The van der Waals surface area contributed by atoms with Gasteiger partial charge in [0.1, 0.15) is 0 Å². The van der Waals surface area contributed by atoms with Crippen LogP contribution in [0.5, 0.6) is 0 Å². The highest BCUT2D eigenvalue weighted by molar-refractivity contribution is 5.88. The van der Waals surface area contributed by atoms with Crippen molar-refractivity contribution in [1.82, 2.24) is 0 Å². The Morgan fingerprint density at radius 1 is 1.05 bits per heavy atom. The third-order valence-corrected chi connectivity index (χ3v) is 5.95. The highest BCUT2D eigenvalue weighted by atomic mass is 16.3. The molecule has 2 aromatic carbocycles. The second kappa shape index (κ2) is 5.14. The molecule has 0 saturated heterocycles. The minimum absolute atomic E-state index is 0.306. The van der Waals surface area contributed by atoms with Gasteiger partial charge >= 0.3 is 0 Å². The van der Waals surface area contributed by atoms with Crippen molar-refractivity contribution in [1.29, 1.82) is 0 Å². The Balaban J connectivity index is 1.62. The molecule has 110 valence electrons. The molecule has 1 nitrogen and oxygen atoms in total. The molecular formula is C20H24O. The standard InChI is InChI=1S/C20H24O/c1-13-6-9-19(18-5-3-2-4-17(13)18)20(21)12-16-11-14-7-8-15(16)10-14/h2-6,9,14-16,20-21H,7-8,10-12H2,1H3. The molecule has 4 unspecified atom stereocenters. The van der Waals surface area contributed by atoms with Crippen LogP contribution >= 0.6 is 0 Å². The maximum absolute atomic E-state index is 10.8. The summed E-state index contributed by atoms with van der Waals surface area (Å²) in [5.74, 6) is 2.60. The van der Waals surface area contributed by atoms with Gasteiger partial charge in [0, 0.05) is 0 Å². The highest BCUT2D eigenvalue weighted by Crippen LogP contribution is 2.51. The number of aliphatic hydroxyl groups is 1. The zero-order valence-electron chi connectivity index (χ0n) is 12.8. The van der Waals surface area contributed by atoms with Gasteiger partial charge in [0.15, 0.2) is 0 Å². The lowest BCUT2D eigenvalue weighted by Gasteiger charge is -2.25. The first-order valence-corrected chi connectivity index (χ1v) is 8.38. The molecule has 1 heteroatoms. The molecule has 4 rings (SSSR count). The third kappa shape index (κ3) is 2.28. The molecule has 1 N–H and O–H groups in total. The van der Waals surface area contributed by atoms with Gasteiger partial charge < -0.3 is 5.11 Å². The Kier molecular flexibility index (Phi) is 3.26. The number of aliphatic hydroxyl groups excluding tert-OH is 1. The Bertz CT molecular complexity index is 660. The molecule has 0 aromatic heterocycles. The quantitative estimate of drug-likeness (QED) is 0.838. The van der Waals surface area contributed by atoms with Crippen LogP contribution in [0.2, 0.25) is 0 Å². The number of rotatable bonds is 3. The SMILES string of the molecule is Cc1ccc(C(O)CC2CC3CCC2C3)c2ccccc12. The van der Waals surface area contributed by atoms with Crippen LogP contribution in [0.3, 0.4) is 0 Å². The molecule has 2 aliphatic carbocycles. The van der Waals surface area contributed by atoms with Crippen LogP contribution in [0.25, 0.3) is 10.8 Å². The van der Waals surface area contributed by atoms with Gasteiger partial charge in [0.05, 0.1) is 6.10 Å². The Morgan fingerprint density at radius 3 is 2.57 bits per heavy atom. The van der Waals surface area contributed by atoms with Gasteiger partial charge in [-0.2, -0.15) is 0 Å². The third-order valence-electron chi connectivity index (χ3n) is 5.95. The summed E-state index contributed by atoms with van der Waals surface area (Å²) in [5, 5.41) is 13.3. The first kappa shape index (κ1) is 13.3. The molecule has 21 heavy (non-hydrogen) atoms. The van der Waals surface area contributed by atoms with Crippen molar-refractivity contribution in [3.63, 3.8) is 0 Å². The largest absolute Gasteiger partial charge is 0.388 e. The summed E-state index contributed by atoms with van der Waals surface area (Å²) in [6.45, 7) is 2.15. The van der Waals surface area contributed by atoms with Crippen LogP contribution in [0.15, 0.2) is 36.4 Å². The molecule has 2 fully saturated rings. The van der Waals surface area contributed by atoms with Crippen molar-refractivity contribution in [2.24, 2.45) is 17.8 Å². The summed E-state index contributed by atoms with van der Waals surface area (Å²) in [7, 11) is 0. The maximum atomic E-state index is 10.8. The zero-order chi connectivity index (χ0) is 14.4. The number of aryl methyl sites for hydroxylation is 1. The Labute approximate surface area is 127 Å². The van der Waals surface area contributed by atoms with Gasteiger partial charge in [-0.15, -0.1) is 0 Å². The molecule has 2 bridgehead atoms. The van der Waals surface area contributed by atoms with E-state index < -0.39 is 0 Å². The summed E-state index contributed by atoms with van der Waals surface area (Å²) in [6.07, 6.45) is 6.26. The van der Waals surface area contributed by atoms with Gasteiger partial charge in [-0.05, 0) is 72.3 Å². The summed E-state index contributed by atoms with van der Waals surface area (Å²) in [4.78, 5) is 0. The molecule has 2 aromatic rings. The van der Waals surface area contributed by atoms with E-state index in [1.54, 1.807) is 0 Å². The monoisotopic (exact) mass is 280 g/mol. The first-order valence-electron chi connectivity index (χ1n) is 8.38. The number of hydrogen-bond donors (Lipinski definition) is 1. The molecule has 0 amide bonds. The van der Waals surface area contributed by atoms with Crippen LogP contribution in [0.1, 0.15) is 49.3 Å². The molecule has 2 aliphatic rings. The predicted octanol–water partition coefficient (Wildman–Crippen LogP) is 5.01. The molecule has 0 radical (unpaired) electrons. The molecule has 0 heterocycles. The second-order valence-corrected chi connectivity index (χ2v) is 7.20. The molecular weight excluding hydrogens is 256 g/mol. The van der Waals surface area contributed by atoms with Gasteiger partial charge in [0.2, 0.25) is 0 Å². The van der Waals surface area contributed by atoms with Crippen molar-refractivity contribution in [3.8, 4) is 0 Å². The fraction of sp³-hybridized carbons (Fsp3) is 0.500. The fourth-order valence-electron chi connectivity index (χ4n) is 4.84. The van der Waals surface area contributed by atoms with Gasteiger partial charge in [0.25, 0.3) is 0 Å². The van der Waals surface area contributed by atoms with Crippen LogP contribution < -0.4 is 0 Å². The van der Waals surface area contributed by atoms with Crippen molar-refractivity contribution >= 4 is 10.8 Å². The summed E-state index contributed by atoms with van der Waals surface area (Å²) in [6, 6.07) is 12.8. The lowest BCUT2D eigenvalue weighted by atomic mass is 9.83. The lowest BCUT2D eigenvalue weighted by Crippen LogP contribution is -2.14. The number of benzene rings is 2. The van der Waals surface area contributed by atoms with Crippen LogP contribution in [0, 0.1) is 24.7 Å². The Hall–Kier alpha value is -1.34. The number of fused-ring (bicyclic) bond motifs is 3. The predicted molar refractivity (Wildman–Crippen MR) is 87.2 cm³/mol. The first-order chi connectivity index (χ1) is 10.2. The van der Waals surface area contributed by atoms with Crippen molar-refractivity contribution in [2.45, 2.75) is 45.1 Å². The van der Waals surface area contributed by atoms with Crippen molar-refractivity contribution in [2.75, 3.05) is 0 Å². The van der Waals surface area contributed by atoms with Gasteiger partial charge in [-0.1, -0.05) is 42.8 Å². The van der Waals surface area contributed by atoms with Gasteiger partial charge in [-0.25, -0.2) is 0 Å². The van der Waals surface area contributed by atoms with E-state index in [0.717, 1.165) is 29.7 Å². The van der Waals surface area contributed by atoms with Crippen LogP contribution in [0.4, 0.5) is 0 Å². The van der Waals surface area contributed by atoms with E-state index in [1.807, 2.05) is 0 Å². The van der Waals surface area contributed by atoms with E-state index in [1.165, 1.54) is 42.0 Å². The molecule has 2 saturated carbocycles. The van der Waals surface area contributed by atoms with Crippen LogP contribution in [-0.2, 0) is 0 Å². The topological polar surface area (TPSA) is 20.2 Å². The van der Waals surface area contributed by atoms with E-state index in [-0.39, 0.29) is 6.10 Å². The highest BCUT2D eigenvalue weighted by Gasteiger charge is 2.40. The van der Waals surface area contributed by atoms with E-state index in [9.17, 15) is 5.11 Å². The minimum Gasteiger partial charge on any atom is -0.388 e. The molecule has 0 spiro atoms. The van der Waals surface area contributed by atoms with E-state index in [4.69, 9.17) is 0 Å². The smallest absolute Gasteiger partial charge is 0.0798 e. The van der Waals surface area contributed by atoms with Crippen molar-refractivity contribution in [3.05, 3.63) is 47.5 Å². The zero-order valence-corrected chi connectivity index (χ0v) is 12.8. The average Bonchev–Trinajstić information content (AvgIpc) is 3.10. The minimum atomic E-state index is -0.306. The Morgan fingerprint density at radius 2 is 1.86 bits per heavy atom. The lowest BCUT2D eigenvalue weighted by molar-refractivity contribution is 0.127. The average molecular weight is 280 g/mol. The molecule has 4 atom stereocenters. The normalized spacial score (nSPS) is 29.1. The van der Waals surface area contributed by atoms with Crippen molar-refractivity contribution < 1.29 is 5.11 Å². The summed E-state index contributed by atoms with van der Waals surface area (Å²) in [5.41, 5.74) is 2.42. The van der Waals surface area contributed by atoms with Gasteiger partial charge in [-0.3, -0.25) is 0 Å². The second-order valence-electron chi connectivity index (χ2n) is 7.20. The van der Waals surface area contributed by atoms with E-state index in [0.29, 0.717) is 0 Å². The van der Waals surface area contributed by atoms with E-state index in [2.05, 4.69) is 43.3 Å². The fourth-order valence-corrected chi connectivity index (χ4v) is 4.84. The van der Waals surface area contributed by atoms with E-state index >= 15 is 0 Å². The number of hydrogen-bond acceptors (Lipinski definition) is 1. The summed E-state index contributed by atoms with van der Waals surface area (Å²) >= 11 is 0. The summed E-state index contributed by atoms with van der Waals surface area (Å²) < 4.78 is 0.